The number of hydrazine groups is 1. The Morgan fingerprint density at radius 3 is 2.15 bits per heavy atom. The van der Waals surface area contributed by atoms with Crippen LogP contribution >= 0.6 is 11.6 Å². The van der Waals surface area contributed by atoms with E-state index in [2.05, 4.69) is 45.4 Å². The van der Waals surface area contributed by atoms with Gasteiger partial charge in [0.15, 0.2) is 0 Å². The second-order valence-corrected chi connectivity index (χ2v) is 9.91. The molecule has 0 saturated carbocycles. The van der Waals surface area contributed by atoms with Crippen LogP contribution in [0.2, 0.25) is 5.15 Å². The number of nitrogens with zero attached hydrogens (tertiary/aromatic N) is 1. The Balaban J connectivity index is 1.22. The summed E-state index contributed by atoms with van der Waals surface area (Å²) in [6.45, 7) is 2.36. The molecular weight excluding hydrogens is 508 g/mol. The van der Waals surface area contributed by atoms with Crippen molar-refractivity contribution in [3.8, 4) is 22.3 Å². The zero-order valence-electron chi connectivity index (χ0n) is 21.2. The van der Waals surface area contributed by atoms with Crippen LogP contribution in [-0.2, 0) is 0 Å². The van der Waals surface area contributed by atoms with Crippen molar-refractivity contribution in [1.29, 1.82) is 0 Å². The molecule has 192 valence electrons. The SMILES string of the molecule is Cc1ccc2nc(Cl)c(C(=O)NNC(=O)NCC3c4ccccc4-c4ccccc43)c(-c3ccccc3)c2c1. The number of carbonyl (C=O) groups is 2. The van der Waals surface area contributed by atoms with Gasteiger partial charge in [-0.2, -0.15) is 0 Å². The maximum atomic E-state index is 13.4. The quantitative estimate of drug-likeness (QED) is 0.180. The third-order valence-corrected chi connectivity index (χ3v) is 7.38. The smallest absolute Gasteiger partial charge is 0.333 e. The van der Waals surface area contributed by atoms with Gasteiger partial charge in [0, 0.05) is 23.4 Å². The van der Waals surface area contributed by atoms with E-state index in [-0.39, 0.29) is 16.6 Å². The van der Waals surface area contributed by atoms with Crippen molar-refractivity contribution in [2.24, 2.45) is 0 Å². The number of amides is 3. The van der Waals surface area contributed by atoms with E-state index in [1.54, 1.807) is 0 Å². The molecule has 3 N–H and O–H groups in total. The number of halogens is 1. The lowest BCUT2D eigenvalue weighted by Gasteiger charge is -2.17. The van der Waals surface area contributed by atoms with Crippen molar-refractivity contribution in [3.63, 3.8) is 0 Å². The number of fused-ring (bicyclic) bond motifs is 4. The van der Waals surface area contributed by atoms with E-state index in [0.717, 1.165) is 16.5 Å². The maximum Gasteiger partial charge on any atom is 0.333 e. The predicted molar refractivity (Wildman–Crippen MR) is 155 cm³/mol. The van der Waals surface area contributed by atoms with E-state index in [9.17, 15) is 9.59 Å². The van der Waals surface area contributed by atoms with Gasteiger partial charge >= 0.3 is 6.03 Å². The zero-order chi connectivity index (χ0) is 26.9. The van der Waals surface area contributed by atoms with Gasteiger partial charge in [-0.1, -0.05) is 102 Å². The molecule has 5 aromatic rings. The maximum absolute atomic E-state index is 13.4. The number of pyridine rings is 1. The molecule has 6 rings (SSSR count). The lowest BCUT2D eigenvalue weighted by atomic mass is 9.95. The molecular formula is C32H25ClN4O2. The molecule has 1 aromatic heterocycles. The highest BCUT2D eigenvalue weighted by Crippen LogP contribution is 2.44. The van der Waals surface area contributed by atoms with Crippen molar-refractivity contribution in [2.45, 2.75) is 12.8 Å². The van der Waals surface area contributed by atoms with Crippen molar-refractivity contribution >= 4 is 34.4 Å². The fraction of sp³-hybridized carbons (Fsp3) is 0.0938. The van der Waals surface area contributed by atoms with Crippen molar-refractivity contribution in [3.05, 3.63) is 124 Å². The molecule has 1 aliphatic carbocycles. The first-order valence-corrected chi connectivity index (χ1v) is 13.1. The van der Waals surface area contributed by atoms with Crippen LogP contribution in [0.15, 0.2) is 97.1 Å². The van der Waals surface area contributed by atoms with E-state index in [1.165, 1.54) is 22.3 Å². The van der Waals surface area contributed by atoms with Crippen LogP contribution in [0.25, 0.3) is 33.2 Å². The van der Waals surface area contributed by atoms with Gasteiger partial charge in [-0.05, 0) is 46.9 Å². The minimum absolute atomic E-state index is 0.0194. The average Bonchev–Trinajstić information content (AvgIpc) is 3.28. The Labute approximate surface area is 231 Å². The number of aryl methyl sites for hydroxylation is 1. The van der Waals surface area contributed by atoms with Crippen LogP contribution < -0.4 is 16.2 Å². The Morgan fingerprint density at radius 1 is 0.821 bits per heavy atom. The van der Waals surface area contributed by atoms with E-state index >= 15 is 0 Å². The second kappa shape index (κ2) is 10.2. The highest BCUT2D eigenvalue weighted by Gasteiger charge is 2.28. The molecule has 6 nitrogen and oxygen atoms in total. The second-order valence-electron chi connectivity index (χ2n) is 9.56. The number of urea groups is 1. The molecule has 39 heavy (non-hydrogen) atoms. The third-order valence-electron chi connectivity index (χ3n) is 7.10. The molecule has 1 heterocycles. The Morgan fingerprint density at radius 2 is 1.46 bits per heavy atom. The minimum atomic E-state index is -0.554. The number of aromatic nitrogens is 1. The standard InChI is InChI=1S/C32H25ClN4O2/c1-19-15-16-27-25(17-19)28(20-9-3-2-4-10-20)29(30(33)35-27)31(38)36-37-32(39)34-18-26-23-13-7-5-11-21(23)22-12-6-8-14-24(22)26/h2-17,26H,18H2,1H3,(H,36,38)(H2,34,37,39). The minimum Gasteiger partial charge on any atom is -0.336 e. The lowest BCUT2D eigenvalue weighted by Crippen LogP contribution is -2.48. The van der Waals surface area contributed by atoms with Crippen molar-refractivity contribution in [1.82, 2.24) is 21.2 Å². The van der Waals surface area contributed by atoms with Gasteiger partial charge in [0.2, 0.25) is 0 Å². The van der Waals surface area contributed by atoms with E-state index in [1.807, 2.05) is 79.7 Å². The molecule has 0 aliphatic heterocycles. The first kappa shape index (κ1) is 24.6. The van der Waals surface area contributed by atoms with Gasteiger partial charge in [0.1, 0.15) is 5.15 Å². The predicted octanol–water partition coefficient (Wildman–Crippen LogP) is 6.62. The van der Waals surface area contributed by atoms with Crippen LogP contribution in [0.1, 0.15) is 33.0 Å². The summed E-state index contributed by atoms with van der Waals surface area (Å²) in [6.07, 6.45) is 0. The van der Waals surface area contributed by atoms with E-state index in [4.69, 9.17) is 11.6 Å². The molecule has 0 unspecified atom stereocenters. The number of rotatable bonds is 4. The molecule has 4 aromatic carbocycles. The molecule has 3 amide bonds. The molecule has 0 spiro atoms. The largest absolute Gasteiger partial charge is 0.336 e. The monoisotopic (exact) mass is 532 g/mol. The third kappa shape index (κ3) is 4.60. The van der Waals surface area contributed by atoms with E-state index < -0.39 is 11.9 Å². The topological polar surface area (TPSA) is 83.1 Å². The van der Waals surface area contributed by atoms with Crippen molar-refractivity contribution in [2.75, 3.05) is 6.54 Å². The average molecular weight is 533 g/mol. The highest BCUT2D eigenvalue weighted by molar-refractivity contribution is 6.34. The summed E-state index contributed by atoms with van der Waals surface area (Å²) < 4.78 is 0. The van der Waals surface area contributed by atoms with Gasteiger partial charge in [-0.25, -0.2) is 15.2 Å². The number of benzene rings is 4. The van der Waals surface area contributed by atoms with Crippen molar-refractivity contribution < 1.29 is 9.59 Å². The molecule has 0 fully saturated rings. The first-order valence-electron chi connectivity index (χ1n) is 12.7. The molecule has 0 radical (unpaired) electrons. The Kier molecular flexibility index (Phi) is 6.47. The Bertz CT molecular complexity index is 1690. The summed E-state index contributed by atoms with van der Waals surface area (Å²) >= 11 is 6.55. The van der Waals surface area contributed by atoms with Crippen LogP contribution in [0, 0.1) is 6.92 Å². The fourth-order valence-corrected chi connectivity index (χ4v) is 5.63. The highest BCUT2D eigenvalue weighted by atomic mass is 35.5. The summed E-state index contributed by atoms with van der Waals surface area (Å²) in [5, 5.41) is 3.76. The van der Waals surface area contributed by atoms with Crippen LogP contribution in [0.3, 0.4) is 0 Å². The molecule has 0 bridgehead atoms. The summed E-state index contributed by atoms with van der Waals surface area (Å²) in [5.41, 5.74) is 13.1. The number of carbonyl (C=O) groups excluding carboxylic acids is 2. The summed E-state index contributed by atoms with van der Waals surface area (Å²) in [6, 6.07) is 31.3. The van der Waals surface area contributed by atoms with Gasteiger partial charge in [-0.15, -0.1) is 0 Å². The fourth-order valence-electron chi connectivity index (χ4n) is 5.35. The molecule has 1 aliphatic rings. The zero-order valence-corrected chi connectivity index (χ0v) is 21.9. The van der Waals surface area contributed by atoms with Gasteiger partial charge in [0.05, 0.1) is 11.1 Å². The summed E-state index contributed by atoms with van der Waals surface area (Å²) in [7, 11) is 0. The molecule has 7 heteroatoms. The van der Waals surface area contributed by atoms with Gasteiger partial charge in [-0.3, -0.25) is 10.2 Å². The van der Waals surface area contributed by atoms with Gasteiger partial charge < -0.3 is 5.32 Å². The number of hydrogen-bond donors (Lipinski definition) is 3. The number of hydrogen-bond acceptors (Lipinski definition) is 3. The van der Waals surface area contributed by atoms with Crippen LogP contribution in [0.4, 0.5) is 4.79 Å². The first-order chi connectivity index (χ1) is 19.0. The van der Waals surface area contributed by atoms with E-state index in [0.29, 0.717) is 17.6 Å². The number of nitrogens with one attached hydrogen (secondary N) is 3. The lowest BCUT2D eigenvalue weighted by molar-refractivity contribution is 0.0937. The summed E-state index contributed by atoms with van der Waals surface area (Å²) in [4.78, 5) is 30.6. The van der Waals surface area contributed by atoms with Crippen LogP contribution in [-0.4, -0.2) is 23.5 Å². The normalized spacial score (nSPS) is 12.1. The summed E-state index contributed by atoms with van der Waals surface area (Å²) in [5.74, 6) is -0.535. The Hall–Kier alpha value is -4.68. The van der Waals surface area contributed by atoms with Crippen LogP contribution in [0.5, 0.6) is 0 Å². The molecule has 0 atom stereocenters. The van der Waals surface area contributed by atoms with Gasteiger partial charge in [0.25, 0.3) is 5.91 Å². The molecule has 0 saturated heterocycles.